The van der Waals surface area contributed by atoms with E-state index >= 15 is 0 Å². The zero-order valence-corrected chi connectivity index (χ0v) is 12.6. The number of aryl methyl sites for hydroxylation is 2. The number of benzene rings is 1. The second kappa shape index (κ2) is 5.99. The lowest BCUT2D eigenvalue weighted by atomic mass is 10.2. The summed E-state index contributed by atoms with van der Waals surface area (Å²) in [7, 11) is 0. The zero-order chi connectivity index (χ0) is 16.4. The molecule has 23 heavy (non-hydrogen) atoms. The Balaban J connectivity index is 1.77. The standard InChI is InChI=1S/C15H14FN5O2/c1-3-21-9(2)7-12(20-21)13(22)17-15-19-18-14(23-15)10-5-4-6-11(16)8-10/h4-8H,3H2,1-2H3,(H,17,19,22). The third-order valence-electron chi connectivity index (χ3n) is 3.23. The number of hydrogen-bond acceptors (Lipinski definition) is 5. The van der Waals surface area contributed by atoms with Gasteiger partial charge in [0, 0.05) is 17.8 Å². The molecule has 7 nitrogen and oxygen atoms in total. The molecule has 0 atom stereocenters. The van der Waals surface area contributed by atoms with Crippen LogP contribution in [0.2, 0.25) is 0 Å². The normalized spacial score (nSPS) is 10.7. The monoisotopic (exact) mass is 315 g/mol. The minimum absolute atomic E-state index is 0.0713. The van der Waals surface area contributed by atoms with Gasteiger partial charge in [0.05, 0.1) is 0 Å². The van der Waals surface area contributed by atoms with Crippen molar-refractivity contribution in [3.63, 3.8) is 0 Å². The van der Waals surface area contributed by atoms with Crippen LogP contribution in [0.1, 0.15) is 23.1 Å². The Bertz CT molecular complexity index is 855. The number of hydrogen-bond donors (Lipinski definition) is 1. The highest BCUT2D eigenvalue weighted by Crippen LogP contribution is 2.20. The van der Waals surface area contributed by atoms with E-state index in [1.807, 2.05) is 13.8 Å². The van der Waals surface area contributed by atoms with E-state index in [4.69, 9.17) is 4.42 Å². The minimum atomic E-state index is -0.449. The molecule has 0 saturated carbocycles. The van der Waals surface area contributed by atoms with Gasteiger partial charge in [-0.2, -0.15) is 5.10 Å². The number of carbonyl (C=O) groups is 1. The van der Waals surface area contributed by atoms with E-state index < -0.39 is 11.7 Å². The first-order chi connectivity index (χ1) is 11.1. The van der Waals surface area contributed by atoms with Gasteiger partial charge in [0.1, 0.15) is 5.82 Å². The third kappa shape index (κ3) is 3.10. The highest BCUT2D eigenvalue weighted by molar-refractivity contribution is 6.01. The van der Waals surface area contributed by atoms with Crippen LogP contribution in [0.3, 0.4) is 0 Å². The van der Waals surface area contributed by atoms with Crippen molar-refractivity contribution in [3.05, 3.63) is 47.5 Å². The number of amides is 1. The van der Waals surface area contributed by atoms with Crippen LogP contribution in [0.5, 0.6) is 0 Å². The first-order valence-electron chi connectivity index (χ1n) is 7.02. The lowest BCUT2D eigenvalue weighted by Gasteiger charge is -1.97. The highest BCUT2D eigenvalue weighted by Gasteiger charge is 2.16. The first kappa shape index (κ1) is 14.9. The molecule has 2 heterocycles. The molecule has 2 aromatic heterocycles. The predicted molar refractivity (Wildman–Crippen MR) is 80.3 cm³/mol. The van der Waals surface area contributed by atoms with Gasteiger partial charge >= 0.3 is 6.01 Å². The van der Waals surface area contributed by atoms with Crippen molar-refractivity contribution in [1.29, 1.82) is 0 Å². The summed E-state index contributed by atoms with van der Waals surface area (Å²) in [4.78, 5) is 12.1. The molecule has 0 fully saturated rings. The zero-order valence-electron chi connectivity index (χ0n) is 12.6. The Morgan fingerprint density at radius 1 is 1.35 bits per heavy atom. The van der Waals surface area contributed by atoms with Crippen LogP contribution in [-0.2, 0) is 6.54 Å². The van der Waals surface area contributed by atoms with Crippen LogP contribution in [0, 0.1) is 12.7 Å². The molecule has 0 bridgehead atoms. The van der Waals surface area contributed by atoms with Crippen LogP contribution >= 0.6 is 0 Å². The average molecular weight is 315 g/mol. The van der Waals surface area contributed by atoms with Gasteiger partial charge in [0.15, 0.2) is 5.69 Å². The van der Waals surface area contributed by atoms with Crippen LogP contribution < -0.4 is 5.32 Å². The topological polar surface area (TPSA) is 85.8 Å². The Labute approximate surface area is 131 Å². The fourth-order valence-corrected chi connectivity index (χ4v) is 2.11. The summed E-state index contributed by atoms with van der Waals surface area (Å²) in [6.45, 7) is 4.47. The van der Waals surface area contributed by atoms with Crippen molar-refractivity contribution >= 4 is 11.9 Å². The SMILES string of the molecule is CCn1nc(C(=O)Nc2nnc(-c3cccc(F)c3)o2)cc1C. The Kier molecular flexibility index (Phi) is 3.88. The van der Waals surface area contributed by atoms with Crippen molar-refractivity contribution in [2.45, 2.75) is 20.4 Å². The number of rotatable bonds is 4. The summed E-state index contributed by atoms with van der Waals surface area (Å²) in [5, 5.41) is 14.2. The molecular formula is C15H14FN5O2. The van der Waals surface area contributed by atoms with Crippen molar-refractivity contribution < 1.29 is 13.6 Å². The Morgan fingerprint density at radius 3 is 2.87 bits per heavy atom. The second-order valence-corrected chi connectivity index (χ2v) is 4.86. The van der Waals surface area contributed by atoms with E-state index in [2.05, 4.69) is 20.6 Å². The van der Waals surface area contributed by atoms with Crippen molar-refractivity contribution in [2.24, 2.45) is 0 Å². The maximum absolute atomic E-state index is 13.2. The van der Waals surface area contributed by atoms with Gasteiger partial charge in [-0.3, -0.25) is 14.8 Å². The number of nitrogens with zero attached hydrogens (tertiary/aromatic N) is 4. The predicted octanol–water partition coefficient (Wildman–Crippen LogP) is 2.65. The van der Waals surface area contributed by atoms with Crippen molar-refractivity contribution in [1.82, 2.24) is 20.0 Å². The fourth-order valence-electron chi connectivity index (χ4n) is 2.11. The van der Waals surface area contributed by atoms with Crippen LogP contribution in [0.4, 0.5) is 10.4 Å². The lowest BCUT2D eigenvalue weighted by Crippen LogP contribution is -2.13. The summed E-state index contributed by atoms with van der Waals surface area (Å²) in [6, 6.07) is 7.35. The van der Waals surface area contributed by atoms with E-state index in [9.17, 15) is 9.18 Å². The minimum Gasteiger partial charge on any atom is -0.403 e. The molecule has 0 unspecified atom stereocenters. The van der Waals surface area contributed by atoms with Crippen molar-refractivity contribution in [2.75, 3.05) is 5.32 Å². The number of halogens is 1. The lowest BCUT2D eigenvalue weighted by molar-refractivity contribution is 0.101. The largest absolute Gasteiger partial charge is 0.403 e. The molecule has 0 spiro atoms. The number of carbonyl (C=O) groups excluding carboxylic acids is 1. The van der Waals surface area contributed by atoms with Crippen LogP contribution in [0.25, 0.3) is 11.5 Å². The Morgan fingerprint density at radius 2 is 2.17 bits per heavy atom. The third-order valence-corrected chi connectivity index (χ3v) is 3.23. The van der Waals surface area contributed by atoms with Crippen LogP contribution in [-0.4, -0.2) is 25.9 Å². The number of anilines is 1. The summed E-state index contributed by atoms with van der Waals surface area (Å²) in [5.74, 6) is -0.739. The van der Waals surface area contributed by atoms with Gasteiger partial charge in [-0.25, -0.2) is 4.39 Å². The molecule has 0 radical (unpaired) electrons. The van der Waals surface area contributed by atoms with Gasteiger partial charge in [-0.1, -0.05) is 11.2 Å². The molecule has 0 aliphatic rings. The molecule has 8 heteroatoms. The van der Waals surface area contributed by atoms with Gasteiger partial charge in [-0.05, 0) is 38.1 Å². The van der Waals surface area contributed by atoms with Gasteiger partial charge in [0.25, 0.3) is 5.91 Å². The Hall–Kier alpha value is -3.03. The van der Waals surface area contributed by atoms with E-state index in [1.54, 1.807) is 16.8 Å². The smallest absolute Gasteiger partial charge is 0.322 e. The molecular weight excluding hydrogens is 301 g/mol. The van der Waals surface area contributed by atoms with Crippen molar-refractivity contribution in [3.8, 4) is 11.5 Å². The molecule has 1 N–H and O–H groups in total. The molecule has 118 valence electrons. The molecule has 3 rings (SSSR count). The maximum atomic E-state index is 13.2. The number of nitrogens with one attached hydrogen (secondary N) is 1. The molecule has 0 aliphatic heterocycles. The quantitative estimate of drug-likeness (QED) is 0.800. The fraction of sp³-hybridized carbons (Fsp3) is 0.200. The average Bonchev–Trinajstić information content (AvgIpc) is 3.14. The molecule has 1 amide bonds. The van der Waals surface area contributed by atoms with E-state index in [0.29, 0.717) is 12.1 Å². The van der Waals surface area contributed by atoms with Crippen LogP contribution in [0.15, 0.2) is 34.7 Å². The first-order valence-corrected chi connectivity index (χ1v) is 7.02. The molecule has 3 aromatic rings. The van der Waals surface area contributed by atoms with Gasteiger partial charge in [-0.15, -0.1) is 5.10 Å². The van der Waals surface area contributed by atoms with E-state index in [0.717, 1.165) is 5.69 Å². The van der Waals surface area contributed by atoms with Gasteiger partial charge in [0.2, 0.25) is 5.89 Å². The summed E-state index contributed by atoms with van der Waals surface area (Å²) in [5.41, 5.74) is 1.57. The van der Waals surface area contributed by atoms with E-state index in [-0.39, 0.29) is 17.6 Å². The highest BCUT2D eigenvalue weighted by atomic mass is 19.1. The molecule has 0 aliphatic carbocycles. The maximum Gasteiger partial charge on any atom is 0.322 e. The molecule has 0 saturated heterocycles. The number of aromatic nitrogens is 4. The molecule has 1 aromatic carbocycles. The van der Waals surface area contributed by atoms with Gasteiger partial charge < -0.3 is 4.42 Å². The summed E-state index contributed by atoms with van der Waals surface area (Å²) < 4.78 is 20.2. The van der Waals surface area contributed by atoms with E-state index in [1.165, 1.54) is 18.2 Å². The summed E-state index contributed by atoms with van der Waals surface area (Å²) in [6.07, 6.45) is 0. The summed E-state index contributed by atoms with van der Waals surface area (Å²) >= 11 is 0. The second-order valence-electron chi connectivity index (χ2n) is 4.86.